The summed E-state index contributed by atoms with van der Waals surface area (Å²) in [4.78, 5) is 15.0. The zero-order valence-electron chi connectivity index (χ0n) is 10.4. The summed E-state index contributed by atoms with van der Waals surface area (Å²) in [6.45, 7) is 1.71. The van der Waals surface area contributed by atoms with E-state index in [0.29, 0.717) is 5.56 Å². The molecule has 0 aliphatic heterocycles. The number of amides is 1. The zero-order chi connectivity index (χ0) is 13.7. The highest BCUT2D eigenvalue weighted by Gasteiger charge is 2.09. The van der Waals surface area contributed by atoms with E-state index in [-0.39, 0.29) is 24.1 Å². The number of nitrogens with zero attached hydrogens (tertiary/aromatic N) is 1. The molecule has 1 N–H and O–H groups in total. The van der Waals surface area contributed by atoms with Gasteiger partial charge in [-0.1, -0.05) is 18.2 Å². The molecule has 4 nitrogen and oxygen atoms in total. The highest BCUT2D eigenvalue weighted by Crippen LogP contribution is 2.24. The van der Waals surface area contributed by atoms with E-state index in [1.807, 2.05) is 0 Å². The number of ether oxygens (including phenoxy) is 1. The van der Waals surface area contributed by atoms with Crippen LogP contribution in [0.4, 0.5) is 4.39 Å². The van der Waals surface area contributed by atoms with Crippen molar-refractivity contribution in [3.05, 3.63) is 54.0 Å². The van der Waals surface area contributed by atoms with Crippen LogP contribution in [0.5, 0.6) is 11.6 Å². The van der Waals surface area contributed by atoms with E-state index in [2.05, 4.69) is 10.3 Å². The van der Waals surface area contributed by atoms with Crippen LogP contribution in [-0.2, 0) is 11.3 Å². The molecule has 0 spiro atoms. The number of carbonyl (C=O) groups is 1. The number of hydrogen-bond donors (Lipinski definition) is 1. The van der Waals surface area contributed by atoms with Gasteiger partial charge in [0.2, 0.25) is 11.8 Å². The lowest BCUT2D eigenvalue weighted by atomic mass is 10.2. The Labute approximate surface area is 110 Å². The molecule has 0 unspecified atom stereocenters. The van der Waals surface area contributed by atoms with Gasteiger partial charge in [-0.05, 0) is 18.2 Å². The molecule has 98 valence electrons. The Bertz CT molecular complexity index is 587. The van der Waals surface area contributed by atoms with E-state index in [9.17, 15) is 9.18 Å². The largest absolute Gasteiger partial charge is 0.436 e. The first kappa shape index (κ1) is 13.0. The van der Waals surface area contributed by atoms with E-state index in [1.54, 1.807) is 30.5 Å². The molecule has 1 aromatic heterocycles. The SMILES string of the molecule is CC(=O)NCc1cccnc1Oc1ccccc1F. The van der Waals surface area contributed by atoms with Gasteiger partial charge in [-0.25, -0.2) is 9.37 Å². The number of rotatable bonds is 4. The number of para-hydroxylation sites is 1. The first-order valence-electron chi connectivity index (χ1n) is 5.77. The molecule has 0 fully saturated rings. The van der Waals surface area contributed by atoms with E-state index in [4.69, 9.17) is 4.74 Å². The Balaban J connectivity index is 2.20. The molecule has 1 heterocycles. The minimum absolute atomic E-state index is 0.102. The molecule has 2 aromatic rings. The number of nitrogens with one attached hydrogen (secondary N) is 1. The van der Waals surface area contributed by atoms with Gasteiger partial charge in [0.15, 0.2) is 11.6 Å². The summed E-state index contributed by atoms with van der Waals surface area (Å²) in [7, 11) is 0. The first-order chi connectivity index (χ1) is 9.16. The van der Waals surface area contributed by atoms with Crippen molar-refractivity contribution < 1.29 is 13.9 Å². The smallest absolute Gasteiger partial charge is 0.224 e. The van der Waals surface area contributed by atoms with Crippen LogP contribution >= 0.6 is 0 Å². The highest BCUT2D eigenvalue weighted by molar-refractivity contribution is 5.72. The monoisotopic (exact) mass is 260 g/mol. The molecule has 0 aliphatic carbocycles. The van der Waals surface area contributed by atoms with Gasteiger partial charge in [-0.15, -0.1) is 0 Å². The minimum atomic E-state index is -0.460. The Morgan fingerprint density at radius 3 is 2.84 bits per heavy atom. The molecular weight excluding hydrogens is 247 g/mol. The van der Waals surface area contributed by atoms with Gasteiger partial charge in [-0.2, -0.15) is 0 Å². The maximum Gasteiger partial charge on any atom is 0.224 e. The van der Waals surface area contributed by atoms with E-state index in [1.165, 1.54) is 19.1 Å². The Kier molecular flexibility index (Phi) is 4.07. The summed E-state index contributed by atoms with van der Waals surface area (Å²) in [5.41, 5.74) is 0.681. The second-order valence-corrected chi connectivity index (χ2v) is 3.91. The molecule has 0 radical (unpaired) electrons. The van der Waals surface area contributed by atoms with E-state index in [0.717, 1.165) is 0 Å². The van der Waals surface area contributed by atoms with Crippen molar-refractivity contribution in [3.8, 4) is 11.6 Å². The van der Waals surface area contributed by atoms with Crippen LogP contribution in [-0.4, -0.2) is 10.9 Å². The van der Waals surface area contributed by atoms with E-state index >= 15 is 0 Å². The number of benzene rings is 1. The van der Waals surface area contributed by atoms with Gasteiger partial charge in [0.25, 0.3) is 0 Å². The fourth-order valence-corrected chi connectivity index (χ4v) is 1.50. The lowest BCUT2D eigenvalue weighted by Crippen LogP contribution is -2.19. The van der Waals surface area contributed by atoms with E-state index < -0.39 is 5.82 Å². The predicted molar refractivity (Wildman–Crippen MR) is 68.2 cm³/mol. The third-order valence-corrected chi connectivity index (χ3v) is 2.42. The summed E-state index contributed by atoms with van der Waals surface area (Å²) < 4.78 is 18.9. The summed E-state index contributed by atoms with van der Waals surface area (Å²) in [5.74, 6) is -0.231. The average Bonchev–Trinajstić information content (AvgIpc) is 2.40. The molecule has 0 saturated heterocycles. The molecule has 5 heteroatoms. The molecule has 0 bridgehead atoms. The van der Waals surface area contributed by atoms with Crippen molar-refractivity contribution in [3.63, 3.8) is 0 Å². The Morgan fingerprint density at radius 1 is 1.32 bits per heavy atom. The van der Waals surface area contributed by atoms with Crippen molar-refractivity contribution in [2.75, 3.05) is 0 Å². The van der Waals surface area contributed by atoms with Crippen LogP contribution in [0.15, 0.2) is 42.6 Å². The topological polar surface area (TPSA) is 51.2 Å². The number of hydrogen-bond acceptors (Lipinski definition) is 3. The van der Waals surface area contributed by atoms with Crippen molar-refractivity contribution in [2.24, 2.45) is 0 Å². The van der Waals surface area contributed by atoms with Gasteiger partial charge in [0, 0.05) is 25.2 Å². The van der Waals surface area contributed by atoms with Crippen LogP contribution in [0.2, 0.25) is 0 Å². The zero-order valence-corrected chi connectivity index (χ0v) is 10.4. The quantitative estimate of drug-likeness (QED) is 0.919. The van der Waals surface area contributed by atoms with Crippen molar-refractivity contribution in [2.45, 2.75) is 13.5 Å². The van der Waals surface area contributed by atoms with Crippen molar-refractivity contribution in [1.82, 2.24) is 10.3 Å². The van der Waals surface area contributed by atoms with Gasteiger partial charge in [0.05, 0.1) is 0 Å². The van der Waals surface area contributed by atoms with Crippen LogP contribution in [0.25, 0.3) is 0 Å². The molecule has 0 atom stereocenters. The fourth-order valence-electron chi connectivity index (χ4n) is 1.50. The van der Waals surface area contributed by atoms with Crippen molar-refractivity contribution >= 4 is 5.91 Å². The summed E-state index contributed by atoms with van der Waals surface area (Å²) in [6.07, 6.45) is 1.55. The summed E-state index contributed by atoms with van der Waals surface area (Å²) in [5, 5.41) is 2.65. The van der Waals surface area contributed by atoms with Crippen LogP contribution < -0.4 is 10.1 Å². The van der Waals surface area contributed by atoms with Crippen molar-refractivity contribution in [1.29, 1.82) is 0 Å². The lowest BCUT2D eigenvalue weighted by Gasteiger charge is -2.10. The molecule has 0 saturated carbocycles. The Morgan fingerprint density at radius 2 is 2.11 bits per heavy atom. The van der Waals surface area contributed by atoms with Crippen LogP contribution in [0, 0.1) is 5.82 Å². The second kappa shape index (κ2) is 5.95. The Hall–Kier alpha value is -2.43. The van der Waals surface area contributed by atoms with Gasteiger partial charge in [0.1, 0.15) is 0 Å². The summed E-state index contributed by atoms with van der Waals surface area (Å²) >= 11 is 0. The number of halogens is 1. The van der Waals surface area contributed by atoms with Gasteiger partial charge >= 0.3 is 0 Å². The standard InChI is InChI=1S/C14H13FN2O2/c1-10(18)17-9-11-5-4-8-16-14(11)19-13-7-3-2-6-12(13)15/h2-8H,9H2,1H3,(H,17,18). The van der Waals surface area contributed by atoms with Gasteiger partial charge < -0.3 is 10.1 Å². The number of aromatic nitrogens is 1. The molecular formula is C14H13FN2O2. The molecule has 0 aliphatic rings. The maximum atomic E-state index is 13.5. The minimum Gasteiger partial charge on any atom is -0.436 e. The summed E-state index contributed by atoms with van der Waals surface area (Å²) in [6, 6.07) is 9.58. The van der Waals surface area contributed by atoms with Crippen LogP contribution in [0.1, 0.15) is 12.5 Å². The molecule has 19 heavy (non-hydrogen) atoms. The van der Waals surface area contributed by atoms with Gasteiger partial charge in [-0.3, -0.25) is 4.79 Å². The maximum absolute atomic E-state index is 13.5. The third-order valence-electron chi connectivity index (χ3n) is 2.42. The number of carbonyl (C=O) groups excluding carboxylic acids is 1. The molecule has 1 aromatic carbocycles. The lowest BCUT2D eigenvalue weighted by molar-refractivity contribution is -0.119. The average molecular weight is 260 g/mol. The normalized spacial score (nSPS) is 10.0. The number of pyridine rings is 1. The predicted octanol–water partition coefficient (Wildman–Crippen LogP) is 2.65. The fraction of sp³-hybridized carbons (Fsp3) is 0.143. The molecule has 2 rings (SSSR count). The third kappa shape index (κ3) is 3.51. The first-order valence-corrected chi connectivity index (χ1v) is 5.77. The molecule has 1 amide bonds. The second-order valence-electron chi connectivity index (χ2n) is 3.91. The highest BCUT2D eigenvalue weighted by atomic mass is 19.1. The van der Waals surface area contributed by atoms with Crippen LogP contribution in [0.3, 0.4) is 0 Å².